The lowest BCUT2D eigenvalue weighted by Crippen LogP contribution is -2.33. The highest BCUT2D eigenvalue weighted by Crippen LogP contribution is 2.19. The van der Waals surface area contributed by atoms with Gasteiger partial charge in [0.15, 0.2) is 0 Å². The summed E-state index contributed by atoms with van der Waals surface area (Å²) in [5.74, 6) is 0. The fraction of sp³-hybridized carbons (Fsp3) is 0.583. The lowest BCUT2D eigenvalue weighted by Gasteiger charge is -2.15. The van der Waals surface area contributed by atoms with Gasteiger partial charge in [0.2, 0.25) is 10.0 Å². The van der Waals surface area contributed by atoms with E-state index >= 15 is 0 Å². The SMILES string of the molecule is CCCCC(C)NS(=O)(=O)c1cnccc1NC. The summed E-state index contributed by atoms with van der Waals surface area (Å²) < 4.78 is 27.1. The molecule has 5 nitrogen and oxygen atoms in total. The number of anilines is 1. The van der Waals surface area contributed by atoms with Crippen molar-refractivity contribution in [3.63, 3.8) is 0 Å². The van der Waals surface area contributed by atoms with Crippen LogP contribution in [0.3, 0.4) is 0 Å². The Labute approximate surface area is 109 Å². The molecule has 1 unspecified atom stereocenters. The number of hydrogen-bond acceptors (Lipinski definition) is 4. The van der Waals surface area contributed by atoms with E-state index in [1.165, 1.54) is 6.20 Å². The van der Waals surface area contributed by atoms with Crippen molar-refractivity contribution in [2.45, 2.75) is 44.0 Å². The van der Waals surface area contributed by atoms with Crippen LogP contribution in [0.25, 0.3) is 0 Å². The van der Waals surface area contributed by atoms with Crippen molar-refractivity contribution in [1.29, 1.82) is 0 Å². The molecule has 0 radical (unpaired) electrons. The summed E-state index contributed by atoms with van der Waals surface area (Å²) in [4.78, 5) is 4.06. The summed E-state index contributed by atoms with van der Waals surface area (Å²) in [5, 5.41) is 2.86. The van der Waals surface area contributed by atoms with E-state index in [1.807, 2.05) is 6.92 Å². The fourth-order valence-corrected chi connectivity index (χ4v) is 3.13. The Morgan fingerprint density at radius 1 is 1.44 bits per heavy atom. The van der Waals surface area contributed by atoms with Crippen LogP contribution in [0.5, 0.6) is 0 Å². The highest BCUT2D eigenvalue weighted by atomic mass is 32.2. The molecule has 0 amide bonds. The zero-order valence-electron chi connectivity index (χ0n) is 11.1. The van der Waals surface area contributed by atoms with Crippen LogP contribution in [0.4, 0.5) is 5.69 Å². The van der Waals surface area contributed by atoms with Crippen molar-refractivity contribution in [2.24, 2.45) is 0 Å². The summed E-state index contributed by atoms with van der Waals surface area (Å²) in [6.45, 7) is 3.96. The molecule has 1 aromatic rings. The Morgan fingerprint density at radius 3 is 2.78 bits per heavy atom. The van der Waals surface area contributed by atoms with Gasteiger partial charge in [0.25, 0.3) is 0 Å². The molecule has 2 N–H and O–H groups in total. The number of unbranched alkanes of at least 4 members (excludes halogenated alkanes) is 1. The van der Waals surface area contributed by atoms with Crippen LogP contribution >= 0.6 is 0 Å². The van der Waals surface area contributed by atoms with E-state index in [0.717, 1.165) is 19.3 Å². The Bertz CT molecular complexity index is 474. The monoisotopic (exact) mass is 271 g/mol. The third-order valence-corrected chi connectivity index (χ3v) is 4.31. The van der Waals surface area contributed by atoms with Gasteiger partial charge >= 0.3 is 0 Å². The Kier molecular flexibility index (Phi) is 5.55. The predicted molar refractivity (Wildman–Crippen MR) is 73.1 cm³/mol. The molecule has 0 fully saturated rings. The predicted octanol–water partition coefficient (Wildman–Crippen LogP) is 1.98. The van der Waals surface area contributed by atoms with Gasteiger partial charge < -0.3 is 5.32 Å². The molecule has 0 aliphatic heterocycles. The van der Waals surface area contributed by atoms with Crippen LogP contribution in [-0.2, 0) is 10.0 Å². The molecule has 1 atom stereocenters. The van der Waals surface area contributed by atoms with Crippen LogP contribution < -0.4 is 10.0 Å². The van der Waals surface area contributed by atoms with E-state index in [9.17, 15) is 8.42 Å². The van der Waals surface area contributed by atoms with Gasteiger partial charge in [-0.15, -0.1) is 0 Å². The van der Waals surface area contributed by atoms with E-state index in [4.69, 9.17) is 0 Å². The third-order valence-electron chi connectivity index (χ3n) is 2.69. The fourth-order valence-electron chi connectivity index (χ4n) is 1.70. The van der Waals surface area contributed by atoms with E-state index < -0.39 is 10.0 Å². The number of hydrogen-bond donors (Lipinski definition) is 2. The summed E-state index contributed by atoms with van der Waals surface area (Å²) in [7, 11) is -1.82. The van der Waals surface area contributed by atoms with E-state index in [1.54, 1.807) is 19.3 Å². The van der Waals surface area contributed by atoms with Gasteiger partial charge in [-0.3, -0.25) is 4.98 Å². The molecule has 0 spiro atoms. The molecule has 0 aliphatic rings. The standard InChI is InChI=1S/C12H21N3O2S/c1-4-5-6-10(2)15-18(16,17)12-9-14-8-7-11(12)13-3/h7-10,15H,4-6H2,1-3H3,(H,13,14). The number of aromatic nitrogens is 1. The van der Waals surface area contributed by atoms with Crippen LogP contribution in [0.1, 0.15) is 33.1 Å². The quantitative estimate of drug-likeness (QED) is 0.795. The van der Waals surface area contributed by atoms with Gasteiger partial charge in [0, 0.05) is 25.5 Å². The van der Waals surface area contributed by atoms with Gasteiger partial charge in [-0.2, -0.15) is 0 Å². The van der Waals surface area contributed by atoms with Gasteiger partial charge in [0.1, 0.15) is 4.90 Å². The molecule has 6 heteroatoms. The van der Waals surface area contributed by atoms with Gasteiger partial charge in [0.05, 0.1) is 5.69 Å². The summed E-state index contributed by atoms with van der Waals surface area (Å²) in [5.41, 5.74) is 0.556. The molecule has 18 heavy (non-hydrogen) atoms. The second kappa shape index (κ2) is 6.70. The summed E-state index contributed by atoms with van der Waals surface area (Å²) in [6.07, 6.45) is 5.83. The van der Waals surface area contributed by atoms with Crippen LogP contribution in [0.15, 0.2) is 23.4 Å². The van der Waals surface area contributed by atoms with Crippen molar-refractivity contribution >= 4 is 15.7 Å². The molecule has 0 aromatic carbocycles. The molecular weight excluding hydrogens is 250 g/mol. The molecule has 0 bridgehead atoms. The first-order valence-electron chi connectivity index (χ1n) is 6.15. The highest BCUT2D eigenvalue weighted by molar-refractivity contribution is 7.89. The van der Waals surface area contributed by atoms with Crippen molar-refractivity contribution in [3.05, 3.63) is 18.5 Å². The maximum Gasteiger partial charge on any atom is 0.244 e. The second-order valence-electron chi connectivity index (χ2n) is 4.29. The lowest BCUT2D eigenvalue weighted by atomic mass is 10.2. The van der Waals surface area contributed by atoms with Crippen molar-refractivity contribution < 1.29 is 8.42 Å². The molecule has 0 saturated heterocycles. The minimum atomic E-state index is -3.51. The molecule has 1 rings (SSSR count). The van der Waals surface area contributed by atoms with Crippen LogP contribution in [-0.4, -0.2) is 26.5 Å². The van der Waals surface area contributed by atoms with Gasteiger partial charge in [-0.1, -0.05) is 19.8 Å². The molecule has 102 valence electrons. The lowest BCUT2D eigenvalue weighted by molar-refractivity contribution is 0.534. The average Bonchev–Trinajstić information content (AvgIpc) is 2.35. The maximum atomic E-state index is 12.2. The number of nitrogens with one attached hydrogen (secondary N) is 2. The minimum Gasteiger partial charge on any atom is -0.387 e. The molecule has 0 aliphatic carbocycles. The number of rotatable bonds is 7. The Balaban J connectivity index is 2.86. The molecule has 0 saturated carbocycles. The van der Waals surface area contributed by atoms with Crippen molar-refractivity contribution in [3.8, 4) is 0 Å². The third kappa shape index (κ3) is 3.96. The van der Waals surface area contributed by atoms with E-state index in [2.05, 4.69) is 21.9 Å². The summed E-state index contributed by atoms with van der Waals surface area (Å²) >= 11 is 0. The average molecular weight is 271 g/mol. The molecular formula is C12H21N3O2S. The molecule has 1 heterocycles. The topological polar surface area (TPSA) is 71.1 Å². The van der Waals surface area contributed by atoms with Crippen molar-refractivity contribution in [2.75, 3.05) is 12.4 Å². The first-order valence-corrected chi connectivity index (χ1v) is 7.63. The first-order chi connectivity index (χ1) is 8.51. The number of sulfonamides is 1. The zero-order valence-corrected chi connectivity index (χ0v) is 11.9. The van der Waals surface area contributed by atoms with Crippen LogP contribution in [0, 0.1) is 0 Å². The van der Waals surface area contributed by atoms with Crippen molar-refractivity contribution in [1.82, 2.24) is 9.71 Å². The highest BCUT2D eigenvalue weighted by Gasteiger charge is 2.20. The number of nitrogens with zero attached hydrogens (tertiary/aromatic N) is 1. The maximum absolute atomic E-state index is 12.2. The first kappa shape index (κ1) is 14.9. The van der Waals surface area contributed by atoms with Crippen LogP contribution in [0.2, 0.25) is 0 Å². The van der Waals surface area contributed by atoms with Gasteiger partial charge in [-0.05, 0) is 19.4 Å². The zero-order chi connectivity index (χ0) is 13.6. The smallest absolute Gasteiger partial charge is 0.244 e. The number of pyridine rings is 1. The van der Waals surface area contributed by atoms with E-state index in [-0.39, 0.29) is 10.9 Å². The second-order valence-corrected chi connectivity index (χ2v) is 5.97. The Morgan fingerprint density at radius 2 is 2.17 bits per heavy atom. The largest absolute Gasteiger partial charge is 0.387 e. The van der Waals surface area contributed by atoms with E-state index in [0.29, 0.717) is 5.69 Å². The summed E-state index contributed by atoms with van der Waals surface area (Å²) in [6, 6.07) is 1.57. The van der Waals surface area contributed by atoms with Gasteiger partial charge in [-0.25, -0.2) is 13.1 Å². The Hall–Kier alpha value is -1.14. The normalized spacial score (nSPS) is 13.3. The molecule has 1 aromatic heterocycles. The minimum absolute atomic E-state index is 0.0696.